The quantitative estimate of drug-likeness (QED) is 0.141. The predicted molar refractivity (Wildman–Crippen MR) is 120 cm³/mol. The molecule has 0 heterocycles. The zero-order valence-electron chi connectivity index (χ0n) is 19.7. The van der Waals surface area contributed by atoms with Gasteiger partial charge in [-0.3, -0.25) is 0 Å². The average Bonchev–Trinajstić information content (AvgIpc) is 2.79. The summed E-state index contributed by atoms with van der Waals surface area (Å²) in [5.74, 6) is -4.13. The molecule has 0 aliphatic rings. The van der Waals surface area contributed by atoms with E-state index in [2.05, 4.69) is 0 Å². The number of hydrogen-bond acceptors (Lipinski definition) is 9. The number of carboxylic acid groups (broad SMARTS) is 3. The van der Waals surface area contributed by atoms with Gasteiger partial charge in [-0.05, 0) is 20.8 Å². The van der Waals surface area contributed by atoms with Gasteiger partial charge in [0, 0.05) is 27.5 Å². The van der Waals surface area contributed by atoms with Crippen molar-refractivity contribution in [3.05, 3.63) is 34.9 Å². The molecule has 12 nitrogen and oxygen atoms in total. The number of carboxylic acids is 3. The summed E-state index contributed by atoms with van der Waals surface area (Å²) >= 11 is 0. The number of aliphatic carboxylic acids is 3. The van der Waals surface area contributed by atoms with E-state index >= 15 is 0 Å². The maximum Gasteiger partial charge on any atom is 0.330 e. The van der Waals surface area contributed by atoms with Crippen molar-refractivity contribution < 1.29 is 60.3 Å². The maximum absolute atomic E-state index is 11.3. The van der Waals surface area contributed by atoms with Crippen molar-refractivity contribution in [2.75, 3.05) is 39.6 Å². The molecule has 0 saturated carbocycles. The summed E-state index contributed by atoms with van der Waals surface area (Å²) in [5, 5.41) is 82.4. The first-order chi connectivity index (χ1) is 15.6. The largest absolute Gasteiger partial charge is 0.478 e. The van der Waals surface area contributed by atoms with Gasteiger partial charge in [0.15, 0.2) is 0 Å². The summed E-state index contributed by atoms with van der Waals surface area (Å²) < 4.78 is 0. The molecule has 12 heteroatoms. The number of hydrogen-bond donors (Lipinski definition) is 9. The van der Waals surface area contributed by atoms with Gasteiger partial charge >= 0.3 is 17.9 Å². The molecule has 0 saturated heterocycles. The number of aliphatic hydroxyl groups excluding tert-OH is 6. The fraction of sp³-hybridized carbons (Fsp3) is 0.591. The van der Waals surface area contributed by atoms with Crippen molar-refractivity contribution >= 4 is 17.9 Å². The summed E-state index contributed by atoms with van der Waals surface area (Å²) in [6, 6.07) is 0. The standard InChI is InChI=1S/C17H24O9.C5H12O3/c1-10(13(21)22)4-16(5-11(2)14(23)24,6-12(3)15(25)26)17(7-18,8-19)9-20;1-5(2-6,3-7)4-8/h4-6,18-20H,7-9H2,1-3H3,(H,21,22)(H,23,24)(H,25,26);6-8H,2-4H2,1H3. The van der Waals surface area contributed by atoms with Crippen LogP contribution >= 0.6 is 0 Å². The van der Waals surface area contributed by atoms with Gasteiger partial charge in [-0.25, -0.2) is 14.4 Å². The van der Waals surface area contributed by atoms with Crippen molar-refractivity contribution in [2.24, 2.45) is 16.2 Å². The average molecular weight is 493 g/mol. The fourth-order valence-corrected chi connectivity index (χ4v) is 2.56. The Balaban J connectivity index is 0. The number of allylic oxidation sites excluding steroid dienone is 3. The van der Waals surface area contributed by atoms with E-state index in [1.54, 1.807) is 6.92 Å². The minimum atomic E-state index is -1.90. The molecule has 34 heavy (non-hydrogen) atoms. The molecular weight excluding hydrogens is 456 g/mol. The van der Waals surface area contributed by atoms with Crippen LogP contribution in [-0.4, -0.2) is 104 Å². The Kier molecular flexibility index (Phi) is 14.4. The number of carbonyl (C=O) groups is 3. The van der Waals surface area contributed by atoms with Crippen LogP contribution in [0.1, 0.15) is 27.7 Å². The van der Waals surface area contributed by atoms with E-state index in [-0.39, 0.29) is 36.5 Å². The molecule has 0 aliphatic carbocycles. The van der Waals surface area contributed by atoms with Crippen molar-refractivity contribution in [1.82, 2.24) is 0 Å². The van der Waals surface area contributed by atoms with Crippen LogP contribution in [0.4, 0.5) is 0 Å². The highest BCUT2D eigenvalue weighted by Gasteiger charge is 2.48. The van der Waals surface area contributed by atoms with Crippen LogP contribution in [0.5, 0.6) is 0 Å². The first kappa shape index (κ1) is 33.6. The molecule has 9 N–H and O–H groups in total. The summed E-state index contributed by atoms with van der Waals surface area (Å²) in [6.45, 7) is 1.97. The number of rotatable bonds is 13. The molecule has 0 fully saturated rings. The molecule has 0 amide bonds. The minimum Gasteiger partial charge on any atom is -0.478 e. The van der Waals surface area contributed by atoms with Crippen molar-refractivity contribution in [2.45, 2.75) is 27.7 Å². The second kappa shape index (κ2) is 14.6. The molecular formula is C22H36O12. The molecule has 0 spiro atoms. The van der Waals surface area contributed by atoms with Crippen LogP contribution < -0.4 is 0 Å². The monoisotopic (exact) mass is 492 g/mol. The van der Waals surface area contributed by atoms with Crippen molar-refractivity contribution in [3.63, 3.8) is 0 Å². The van der Waals surface area contributed by atoms with Crippen LogP contribution in [0.3, 0.4) is 0 Å². The topological polar surface area (TPSA) is 233 Å². The van der Waals surface area contributed by atoms with Crippen LogP contribution in [-0.2, 0) is 14.4 Å². The first-order valence-corrected chi connectivity index (χ1v) is 10.0. The molecule has 0 aromatic carbocycles. The van der Waals surface area contributed by atoms with E-state index in [0.717, 1.165) is 18.2 Å². The SMILES string of the molecule is CC(=CC(C=C(C)C(=O)O)(C=C(C)C(=O)O)C(CO)(CO)CO)C(=O)O.CC(CO)(CO)CO. The van der Waals surface area contributed by atoms with Crippen LogP contribution in [0.25, 0.3) is 0 Å². The fourth-order valence-electron chi connectivity index (χ4n) is 2.56. The maximum atomic E-state index is 11.3. The normalized spacial score (nSPS) is 15.2. The van der Waals surface area contributed by atoms with Gasteiger partial charge in [0.1, 0.15) is 0 Å². The van der Waals surface area contributed by atoms with Gasteiger partial charge in [-0.2, -0.15) is 0 Å². The van der Waals surface area contributed by atoms with E-state index in [9.17, 15) is 45.0 Å². The summed E-state index contributed by atoms with van der Waals surface area (Å²) in [4.78, 5) is 33.8. The third kappa shape index (κ3) is 8.97. The lowest BCUT2D eigenvalue weighted by Crippen LogP contribution is -2.48. The van der Waals surface area contributed by atoms with E-state index in [4.69, 9.17) is 15.3 Å². The molecule has 0 bridgehead atoms. The second-order valence-corrected chi connectivity index (χ2v) is 8.37. The predicted octanol–water partition coefficient (Wildman–Crippen LogP) is -1.00. The highest BCUT2D eigenvalue weighted by atomic mass is 16.4. The Morgan fingerprint density at radius 3 is 0.912 bits per heavy atom. The zero-order valence-corrected chi connectivity index (χ0v) is 19.7. The molecule has 0 unspecified atom stereocenters. The Bertz CT molecular complexity index is 695. The highest BCUT2D eigenvalue weighted by molar-refractivity contribution is 5.89. The van der Waals surface area contributed by atoms with E-state index in [1.807, 2.05) is 0 Å². The summed E-state index contributed by atoms with van der Waals surface area (Å²) in [6.07, 6.45) is 3.03. The highest BCUT2D eigenvalue weighted by Crippen LogP contribution is 2.45. The molecule has 0 aromatic heterocycles. The zero-order chi connectivity index (χ0) is 27.3. The molecule has 0 rings (SSSR count). The number of aliphatic hydroxyl groups is 6. The molecule has 196 valence electrons. The lowest BCUT2D eigenvalue weighted by atomic mass is 9.62. The summed E-state index contributed by atoms with van der Waals surface area (Å²) in [5.41, 5.74) is -5.37. The first-order valence-electron chi connectivity index (χ1n) is 10.0. The second-order valence-electron chi connectivity index (χ2n) is 8.37. The molecule has 0 aromatic rings. The van der Waals surface area contributed by atoms with Crippen LogP contribution in [0, 0.1) is 16.2 Å². The Morgan fingerprint density at radius 2 is 0.794 bits per heavy atom. The molecule has 0 radical (unpaired) electrons. The molecule has 0 atom stereocenters. The minimum absolute atomic E-state index is 0.181. The van der Waals surface area contributed by atoms with Gasteiger partial charge in [-0.1, -0.05) is 25.2 Å². The van der Waals surface area contributed by atoms with Gasteiger partial charge in [-0.15, -0.1) is 0 Å². The van der Waals surface area contributed by atoms with E-state index in [1.165, 1.54) is 20.8 Å². The van der Waals surface area contributed by atoms with Gasteiger partial charge in [0.2, 0.25) is 0 Å². The van der Waals surface area contributed by atoms with E-state index in [0.29, 0.717) is 0 Å². The van der Waals surface area contributed by atoms with Crippen LogP contribution in [0.15, 0.2) is 34.9 Å². The Hall–Kier alpha value is -2.61. The lowest BCUT2D eigenvalue weighted by molar-refractivity contribution is -0.133. The van der Waals surface area contributed by atoms with Gasteiger partial charge in [0.05, 0.1) is 45.1 Å². The van der Waals surface area contributed by atoms with Crippen LogP contribution in [0.2, 0.25) is 0 Å². The van der Waals surface area contributed by atoms with Crippen molar-refractivity contribution in [1.29, 1.82) is 0 Å². The van der Waals surface area contributed by atoms with E-state index < -0.39 is 54.0 Å². The smallest absolute Gasteiger partial charge is 0.330 e. The third-order valence-electron chi connectivity index (χ3n) is 5.35. The van der Waals surface area contributed by atoms with Gasteiger partial charge < -0.3 is 46.0 Å². The summed E-state index contributed by atoms with van der Waals surface area (Å²) in [7, 11) is 0. The Labute approximate surface area is 197 Å². The van der Waals surface area contributed by atoms with Gasteiger partial charge in [0.25, 0.3) is 0 Å². The van der Waals surface area contributed by atoms with Crippen molar-refractivity contribution in [3.8, 4) is 0 Å². The lowest BCUT2D eigenvalue weighted by Gasteiger charge is -2.43. The molecule has 0 aliphatic heterocycles. The Morgan fingerprint density at radius 1 is 0.559 bits per heavy atom. The third-order valence-corrected chi connectivity index (χ3v) is 5.35.